The lowest BCUT2D eigenvalue weighted by molar-refractivity contribution is -0.142. The number of carbonyl (C=O) groups is 2. The van der Waals surface area contributed by atoms with Crippen LogP contribution in [0.1, 0.15) is 34.2 Å². The van der Waals surface area contributed by atoms with E-state index >= 15 is 0 Å². The maximum absolute atomic E-state index is 12.6. The molecule has 0 fully saturated rings. The number of aryl methyl sites for hydroxylation is 1. The van der Waals surface area contributed by atoms with Crippen molar-refractivity contribution in [3.8, 4) is 0 Å². The van der Waals surface area contributed by atoms with E-state index in [4.69, 9.17) is 9.26 Å². The second-order valence-electron chi connectivity index (χ2n) is 5.21. The highest BCUT2D eigenvalue weighted by molar-refractivity contribution is 6.05. The van der Waals surface area contributed by atoms with E-state index in [0.29, 0.717) is 24.3 Å². The lowest BCUT2D eigenvalue weighted by atomic mass is 9.90. The van der Waals surface area contributed by atoms with E-state index in [-0.39, 0.29) is 23.6 Å². The number of rotatable bonds is 2. The van der Waals surface area contributed by atoms with E-state index in [9.17, 15) is 9.59 Å². The smallest absolute Gasteiger partial charge is 0.313 e. The number of hydrogen-bond acceptors (Lipinski definition) is 5. The molecule has 0 saturated carbocycles. The van der Waals surface area contributed by atoms with E-state index < -0.39 is 0 Å². The van der Waals surface area contributed by atoms with E-state index in [1.54, 1.807) is 17.9 Å². The van der Waals surface area contributed by atoms with E-state index in [1.807, 2.05) is 24.3 Å². The van der Waals surface area contributed by atoms with Gasteiger partial charge in [0.05, 0.1) is 18.7 Å². The Hall–Kier alpha value is -2.63. The van der Waals surface area contributed by atoms with Crippen molar-refractivity contribution in [1.29, 1.82) is 0 Å². The number of amides is 1. The first-order valence-electron chi connectivity index (χ1n) is 7.03. The Morgan fingerprint density at radius 3 is 2.82 bits per heavy atom. The van der Waals surface area contributed by atoms with Crippen molar-refractivity contribution in [3.63, 3.8) is 0 Å². The molecule has 1 amide bonds. The fourth-order valence-corrected chi connectivity index (χ4v) is 2.76. The predicted octanol–water partition coefficient (Wildman–Crippen LogP) is 2.29. The average Bonchev–Trinajstić information content (AvgIpc) is 2.99. The van der Waals surface area contributed by atoms with Gasteiger partial charge in [0.1, 0.15) is 0 Å². The third-order valence-corrected chi connectivity index (χ3v) is 3.81. The van der Waals surface area contributed by atoms with Crippen molar-refractivity contribution in [2.75, 3.05) is 18.6 Å². The summed E-state index contributed by atoms with van der Waals surface area (Å²) in [7, 11) is 1.37. The lowest BCUT2D eigenvalue weighted by Crippen LogP contribution is -2.38. The van der Waals surface area contributed by atoms with Crippen LogP contribution in [0.5, 0.6) is 0 Å². The van der Waals surface area contributed by atoms with Gasteiger partial charge in [0.25, 0.3) is 5.91 Å². The molecular formula is C16H16N2O4. The molecule has 1 aliphatic rings. The zero-order chi connectivity index (χ0) is 15.7. The van der Waals surface area contributed by atoms with Crippen LogP contribution >= 0.6 is 0 Å². The van der Waals surface area contributed by atoms with Crippen LogP contribution in [0, 0.1) is 6.92 Å². The number of fused-ring (bicyclic) bond motifs is 1. The van der Waals surface area contributed by atoms with Gasteiger partial charge in [-0.25, -0.2) is 0 Å². The zero-order valence-electron chi connectivity index (χ0n) is 12.4. The molecule has 114 valence electrons. The summed E-state index contributed by atoms with van der Waals surface area (Å²) in [5.74, 6) is -0.683. The number of esters is 1. The summed E-state index contributed by atoms with van der Waals surface area (Å²) in [5.41, 5.74) is 2.16. The van der Waals surface area contributed by atoms with Crippen molar-refractivity contribution in [3.05, 3.63) is 47.3 Å². The summed E-state index contributed by atoms with van der Waals surface area (Å²) in [5, 5.41) is 3.75. The number of ether oxygens (including phenoxy) is 1. The number of hydrogen-bond donors (Lipinski definition) is 0. The van der Waals surface area contributed by atoms with Gasteiger partial charge < -0.3 is 14.2 Å². The minimum Gasteiger partial charge on any atom is -0.469 e. The first-order valence-corrected chi connectivity index (χ1v) is 7.03. The lowest BCUT2D eigenvalue weighted by Gasteiger charge is -2.32. The summed E-state index contributed by atoms with van der Waals surface area (Å²) in [6.45, 7) is 2.19. The van der Waals surface area contributed by atoms with Crippen LogP contribution in [0.2, 0.25) is 0 Å². The number of anilines is 1. The fourth-order valence-electron chi connectivity index (χ4n) is 2.76. The molecule has 0 aliphatic carbocycles. The molecule has 3 rings (SSSR count). The number of para-hydroxylation sites is 1. The van der Waals surface area contributed by atoms with Gasteiger partial charge in [-0.05, 0) is 25.0 Å². The maximum atomic E-state index is 12.6. The number of aromatic nitrogens is 1. The van der Waals surface area contributed by atoms with Crippen LogP contribution in [0.4, 0.5) is 5.69 Å². The second kappa shape index (κ2) is 5.63. The van der Waals surface area contributed by atoms with Crippen LogP contribution in [-0.4, -0.2) is 30.7 Å². The Balaban J connectivity index is 1.97. The minimum atomic E-state index is -0.346. The van der Waals surface area contributed by atoms with Gasteiger partial charge in [-0.2, -0.15) is 0 Å². The highest BCUT2D eigenvalue weighted by atomic mass is 16.5. The molecule has 0 spiro atoms. The van der Waals surface area contributed by atoms with Crippen LogP contribution in [0.3, 0.4) is 0 Å². The molecule has 0 saturated heterocycles. The summed E-state index contributed by atoms with van der Waals surface area (Å²) in [6, 6.07) is 8.97. The minimum absolute atomic E-state index is 0.198. The Kier molecular flexibility index (Phi) is 3.66. The molecule has 6 heteroatoms. The van der Waals surface area contributed by atoms with Gasteiger partial charge in [-0.3, -0.25) is 9.59 Å². The van der Waals surface area contributed by atoms with E-state index in [2.05, 4.69) is 5.16 Å². The van der Waals surface area contributed by atoms with Gasteiger partial charge in [-0.15, -0.1) is 0 Å². The first kappa shape index (κ1) is 14.3. The molecule has 0 N–H and O–H groups in total. The standard InChI is InChI=1S/C16H16N2O4/c1-10-9-14(22-17-10)15(19)18-8-7-12(16(20)21-2)11-5-3-4-6-13(11)18/h3-6,9,12H,7-8H2,1-2H3/t12-/m0/s1. The molecule has 1 aromatic heterocycles. The van der Waals surface area contributed by atoms with E-state index in [0.717, 1.165) is 5.56 Å². The Morgan fingerprint density at radius 2 is 2.14 bits per heavy atom. The molecule has 1 aliphatic heterocycles. The quantitative estimate of drug-likeness (QED) is 0.796. The highest BCUT2D eigenvalue weighted by Gasteiger charge is 2.34. The highest BCUT2D eigenvalue weighted by Crippen LogP contribution is 2.36. The topological polar surface area (TPSA) is 72.6 Å². The maximum Gasteiger partial charge on any atom is 0.313 e. The Labute approximate surface area is 127 Å². The monoisotopic (exact) mass is 300 g/mol. The van der Waals surface area contributed by atoms with Crippen molar-refractivity contribution in [2.45, 2.75) is 19.3 Å². The first-order chi connectivity index (χ1) is 10.6. The van der Waals surface area contributed by atoms with Crippen LogP contribution in [0.15, 0.2) is 34.9 Å². The molecular weight excluding hydrogens is 284 g/mol. The molecule has 1 atom stereocenters. The largest absolute Gasteiger partial charge is 0.469 e. The molecule has 2 aromatic rings. The molecule has 0 unspecified atom stereocenters. The van der Waals surface area contributed by atoms with Gasteiger partial charge in [0, 0.05) is 18.3 Å². The number of benzene rings is 1. The van der Waals surface area contributed by atoms with Gasteiger partial charge in [0.15, 0.2) is 0 Å². The second-order valence-corrected chi connectivity index (χ2v) is 5.21. The molecule has 0 bridgehead atoms. The summed E-state index contributed by atoms with van der Waals surface area (Å²) >= 11 is 0. The number of nitrogens with zero attached hydrogens (tertiary/aromatic N) is 2. The van der Waals surface area contributed by atoms with Crippen molar-refractivity contribution < 1.29 is 18.8 Å². The van der Waals surface area contributed by atoms with Crippen LogP contribution in [0.25, 0.3) is 0 Å². The summed E-state index contributed by atoms with van der Waals surface area (Å²) < 4.78 is 9.92. The van der Waals surface area contributed by atoms with Crippen molar-refractivity contribution in [1.82, 2.24) is 5.16 Å². The SMILES string of the molecule is COC(=O)[C@H]1CCN(C(=O)c2cc(C)no2)c2ccccc21. The molecule has 22 heavy (non-hydrogen) atoms. The molecule has 0 radical (unpaired) electrons. The van der Waals surface area contributed by atoms with Crippen molar-refractivity contribution >= 4 is 17.6 Å². The summed E-state index contributed by atoms with van der Waals surface area (Å²) in [6.07, 6.45) is 0.516. The number of methoxy groups -OCH3 is 1. The molecule has 6 nitrogen and oxygen atoms in total. The third-order valence-electron chi connectivity index (χ3n) is 3.81. The number of carbonyl (C=O) groups excluding carboxylic acids is 2. The van der Waals surface area contributed by atoms with Crippen molar-refractivity contribution in [2.24, 2.45) is 0 Å². The summed E-state index contributed by atoms with van der Waals surface area (Å²) in [4.78, 5) is 26.1. The zero-order valence-corrected chi connectivity index (χ0v) is 12.4. The predicted molar refractivity (Wildman–Crippen MR) is 78.7 cm³/mol. The van der Waals surface area contributed by atoms with Crippen LogP contribution in [-0.2, 0) is 9.53 Å². The third kappa shape index (κ3) is 2.36. The van der Waals surface area contributed by atoms with Gasteiger partial charge in [-0.1, -0.05) is 23.4 Å². The van der Waals surface area contributed by atoms with Gasteiger partial charge in [0.2, 0.25) is 5.76 Å². The van der Waals surface area contributed by atoms with E-state index in [1.165, 1.54) is 7.11 Å². The van der Waals surface area contributed by atoms with Crippen LogP contribution < -0.4 is 4.90 Å². The molecule has 1 aromatic carbocycles. The Bertz CT molecular complexity index is 722. The van der Waals surface area contributed by atoms with Gasteiger partial charge >= 0.3 is 5.97 Å². The average molecular weight is 300 g/mol. The molecule has 2 heterocycles. The fraction of sp³-hybridized carbons (Fsp3) is 0.312. The normalized spacial score (nSPS) is 17.0. The Morgan fingerprint density at radius 1 is 1.36 bits per heavy atom.